The number of amides is 2. The molecule has 2 amide bonds. The standard InChI is InChI=1S/C24H31FN4O4S/c1-4-19-14-20(24(32)33-5-2)23(34-19)27-21(30)15-28-9-11-29(12-10-28)16(3)22(31)26-18-8-6-7-17(25)13-18/h6-8,13-14,16H,4-5,9-12,15H2,1-3H3,(H,26,31)(H,27,30). The van der Waals surface area contributed by atoms with Gasteiger partial charge in [0.2, 0.25) is 11.8 Å². The van der Waals surface area contributed by atoms with E-state index in [1.54, 1.807) is 25.1 Å². The smallest absolute Gasteiger partial charge is 0.341 e. The Labute approximate surface area is 203 Å². The number of nitrogens with one attached hydrogen (secondary N) is 2. The minimum Gasteiger partial charge on any atom is -0.462 e. The van der Waals surface area contributed by atoms with Gasteiger partial charge in [0, 0.05) is 36.7 Å². The number of aryl methyl sites for hydroxylation is 1. The number of carbonyl (C=O) groups is 3. The zero-order valence-electron chi connectivity index (χ0n) is 19.7. The maximum absolute atomic E-state index is 13.4. The summed E-state index contributed by atoms with van der Waals surface area (Å²) in [4.78, 5) is 42.5. The predicted molar refractivity (Wildman–Crippen MR) is 131 cm³/mol. The highest BCUT2D eigenvalue weighted by Crippen LogP contribution is 2.29. The molecule has 1 aliphatic heterocycles. The largest absolute Gasteiger partial charge is 0.462 e. The molecule has 1 saturated heterocycles. The van der Waals surface area contributed by atoms with Crippen LogP contribution in [-0.2, 0) is 20.7 Å². The Morgan fingerprint density at radius 3 is 2.50 bits per heavy atom. The molecule has 0 spiro atoms. The van der Waals surface area contributed by atoms with E-state index in [0.717, 1.165) is 11.3 Å². The Morgan fingerprint density at radius 2 is 1.85 bits per heavy atom. The van der Waals surface area contributed by atoms with E-state index in [-0.39, 0.29) is 31.0 Å². The molecule has 1 unspecified atom stereocenters. The van der Waals surface area contributed by atoms with Gasteiger partial charge >= 0.3 is 5.97 Å². The molecule has 1 aromatic carbocycles. The summed E-state index contributed by atoms with van der Waals surface area (Å²) in [5, 5.41) is 6.13. The summed E-state index contributed by atoms with van der Waals surface area (Å²) in [7, 11) is 0. The highest BCUT2D eigenvalue weighted by molar-refractivity contribution is 7.16. The number of anilines is 2. The molecule has 1 atom stereocenters. The van der Waals surface area contributed by atoms with E-state index in [9.17, 15) is 18.8 Å². The van der Waals surface area contributed by atoms with Crippen LogP contribution >= 0.6 is 11.3 Å². The number of rotatable bonds is 9. The molecule has 0 bridgehead atoms. The summed E-state index contributed by atoms with van der Waals surface area (Å²) in [6.07, 6.45) is 0.764. The molecule has 3 rings (SSSR count). The molecule has 2 N–H and O–H groups in total. The summed E-state index contributed by atoms with van der Waals surface area (Å²) < 4.78 is 18.5. The van der Waals surface area contributed by atoms with Gasteiger partial charge < -0.3 is 15.4 Å². The van der Waals surface area contributed by atoms with Gasteiger partial charge in [0.15, 0.2) is 0 Å². The number of thiophene rings is 1. The maximum Gasteiger partial charge on any atom is 0.341 e. The number of ether oxygens (including phenoxy) is 1. The molecule has 34 heavy (non-hydrogen) atoms. The van der Waals surface area contributed by atoms with Gasteiger partial charge in [0.05, 0.1) is 24.8 Å². The van der Waals surface area contributed by atoms with Crippen molar-refractivity contribution in [2.75, 3.05) is 50.0 Å². The fraction of sp³-hybridized carbons (Fsp3) is 0.458. The van der Waals surface area contributed by atoms with Gasteiger partial charge in [-0.05, 0) is 44.5 Å². The van der Waals surface area contributed by atoms with Crippen molar-refractivity contribution in [3.05, 3.63) is 46.6 Å². The first-order valence-corrected chi connectivity index (χ1v) is 12.2. The van der Waals surface area contributed by atoms with Gasteiger partial charge in [-0.3, -0.25) is 19.4 Å². The van der Waals surface area contributed by atoms with Crippen molar-refractivity contribution in [1.82, 2.24) is 9.80 Å². The highest BCUT2D eigenvalue weighted by atomic mass is 32.1. The second kappa shape index (κ2) is 12.0. The number of hydrogen-bond acceptors (Lipinski definition) is 7. The molecule has 184 valence electrons. The normalized spacial score (nSPS) is 15.5. The van der Waals surface area contributed by atoms with Crippen LogP contribution in [0.15, 0.2) is 30.3 Å². The lowest BCUT2D eigenvalue weighted by atomic mass is 10.2. The highest BCUT2D eigenvalue weighted by Gasteiger charge is 2.27. The molecule has 8 nitrogen and oxygen atoms in total. The Balaban J connectivity index is 1.49. The van der Waals surface area contributed by atoms with Crippen LogP contribution < -0.4 is 10.6 Å². The minimum atomic E-state index is -0.437. The maximum atomic E-state index is 13.4. The Morgan fingerprint density at radius 1 is 1.12 bits per heavy atom. The topological polar surface area (TPSA) is 91.0 Å². The number of nitrogens with zero attached hydrogens (tertiary/aromatic N) is 2. The van der Waals surface area contributed by atoms with E-state index in [0.29, 0.717) is 42.4 Å². The van der Waals surface area contributed by atoms with Crippen molar-refractivity contribution in [1.29, 1.82) is 0 Å². The first-order chi connectivity index (χ1) is 16.3. The molecule has 1 aliphatic rings. The molecule has 2 heterocycles. The lowest BCUT2D eigenvalue weighted by molar-refractivity contribution is -0.122. The van der Waals surface area contributed by atoms with E-state index < -0.39 is 11.8 Å². The van der Waals surface area contributed by atoms with E-state index in [4.69, 9.17) is 4.74 Å². The number of benzene rings is 1. The van der Waals surface area contributed by atoms with Gasteiger partial charge in [-0.1, -0.05) is 13.0 Å². The summed E-state index contributed by atoms with van der Waals surface area (Å²) in [5.74, 6) is -1.24. The number of esters is 1. The first-order valence-electron chi connectivity index (χ1n) is 11.4. The monoisotopic (exact) mass is 490 g/mol. The zero-order chi connectivity index (χ0) is 24.7. The van der Waals surface area contributed by atoms with E-state index in [1.165, 1.54) is 23.5 Å². The molecule has 2 aromatic rings. The van der Waals surface area contributed by atoms with Crippen molar-refractivity contribution >= 4 is 39.8 Å². The molecule has 1 fully saturated rings. The molecule has 0 aliphatic carbocycles. The SMILES string of the molecule is CCOC(=O)c1cc(CC)sc1NC(=O)CN1CCN(C(C)C(=O)Nc2cccc(F)c2)CC1. The van der Waals surface area contributed by atoms with Crippen LogP contribution in [0.25, 0.3) is 0 Å². The van der Waals surface area contributed by atoms with E-state index in [1.807, 2.05) is 23.6 Å². The molecule has 0 saturated carbocycles. The van der Waals surface area contributed by atoms with Crippen molar-refractivity contribution < 1.29 is 23.5 Å². The van der Waals surface area contributed by atoms with Crippen molar-refractivity contribution in [3.8, 4) is 0 Å². The predicted octanol–water partition coefficient (Wildman–Crippen LogP) is 3.21. The van der Waals surface area contributed by atoms with Crippen molar-refractivity contribution in [2.24, 2.45) is 0 Å². The number of hydrogen-bond donors (Lipinski definition) is 2. The van der Waals surface area contributed by atoms with Gasteiger partial charge in [0.1, 0.15) is 10.8 Å². The first kappa shape index (κ1) is 25.8. The van der Waals surface area contributed by atoms with Gasteiger partial charge in [-0.2, -0.15) is 0 Å². The number of halogens is 1. The lowest BCUT2D eigenvalue weighted by Gasteiger charge is -2.37. The van der Waals surface area contributed by atoms with Crippen molar-refractivity contribution in [2.45, 2.75) is 33.2 Å². The van der Waals surface area contributed by atoms with Crippen LogP contribution in [0, 0.1) is 5.82 Å². The summed E-state index contributed by atoms with van der Waals surface area (Å²) in [6.45, 7) is 8.51. The average Bonchev–Trinajstić information content (AvgIpc) is 3.22. The zero-order valence-corrected chi connectivity index (χ0v) is 20.5. The number of piperazine rings is 1. The Bertz CT molecular complexity index is 1020. The molecule has 0 radical (unpaired) electrons. The van der Waals surface area contributed by atoms with Gasteiger partial charge in [0.25, 0.3) is 0 Å². The van der Waals surface area contributed by atoms with E-state index >= 15 is 0 Å². The quantitative estimate of drug-likeness (QED) is 0.525. The fourth-order valence-corrected chi connectivity index (χ4v) is 4.73. The minimum absolute atomic E-state index is 0.194. The second-order valence-corrected chi connectivity index (χ2v) is 9.20. The molecule has 1 aromatic heterocycles. The van der Waals surface area contributed by atoms with Gasteiger partial charge in [-0.15, -0.1) is 11.3 Å². The number of carbonyl (C=O) groups excluding carboxylic acids is 3. The average molecular weight is 491 g/mol. The molecular formula is C24H31FN4O4S. The molecular weight excluding hydrogens is 459 g/mol. The van der Waals surface area contributed by atoms with Crippen LogP contribution in [0.3, 0.4) is 0 Å². The lowest BCUT2D eigenvalue weighted by Crippen LogP contribution is -2.53. The summed E-state index contributed by atoms with van der Waals surface area (Å²) in [5.41, 5.74) is 0.814. The summed E-state index contributed by atoms with van der Waals surface area (Å²) >= 11 is 1.39. The third-order valence-corrected chi connectivity index (χ3v) is 6.87. The molecule has 10 heteroatoms. The van der Waals surface area contributed by atoms with Crippen LogP contribution in [0.5, 0.6) is 0 Å². The third kappa shape index (κ3) is 6.85. The second-order valence-electron chi connectivity index (χ2n) is 8.07. The van der Waals surface area contributed by atoms with Crippen LogP contribution in [0.1, 0.15) is 36.0 Å². The van der Waals surface area contributed by atoms with Crippen LogP contribution in [-0.4, -0.2) is 73.0 Å². The van der Waals surface area contributed by atoms with E-state index in [2.05, 4.69) is 10.6 Å². The fourth-order valence-electron chi connectivity index (χ4n) is 3.73. The van der Waals surface area contributed by atoms with Crippen LogP contribution in [0.2, 0.25) is 0 Å². The van der Waals surface area contributed by atoms with Crippen molar-refractivity contribution in [3.63, 3.8) is 0 Å². The summed E-state index contributed by atoms with van der Waals surface area (Å²) in [6, 6.07) is 7.19. The third-order valence-electron chi connectivity index (χ3n) is 5.67. The Kier molecular flexibility index (Phi) is 9.14. The van der Waals surface area contributed by atoms with Gasteiger partial charge in [-0.25, -0.2) is 9.18 Å². The van der Waals surface area contributed by atoms with Crippen LogP contribution in [0.4, 0.5) is 15.1 Å². The Hall–Kier alpha value is -2.82.